The van der Waals surface area contributed by atoms with Gasteiger partial charge in [-0.1, -0.05) is 6.92 Å². The highest BCUT2D eigenvalue weighted by molar-refractivity contribution is 5.69. The molecule has 18 heavy (non-hydrogen) atoms. The van der Waals surface area contributed by atoms with Gasteiger partial charge in [-0.15, -0.1) is 0 Å². The number of hydrogen-bond acceptors (Lipinski definition) is 3. The van der Waals surface area contributed by atoms with Crippen LogP contribution < -0.4 is 5.32 Å². The number of nitrogens with one attached hydrogen (secondary N) is 1. The number of piperidine rings is 1. The molecule has 0 saturated carbocycles. The lowest BCUT2D eigenvalue weighted by molar-refractivity contribution is -0.00850. The minimum atomic E-state index is -0.353. The molecular weight excluding hydrogens is 228 g/mol. The van der Waals surface area contributed by atoms with Crippen LogP contribution in [0.5, 0.6) is 0 Å². The molecule has 0 bridgehead atoms. The first-order valence-corrected chi connectivity index (χ1v) is 7.20. The Labute approximate surface area is 110 Å². The van der Waals surface area contributed by atoms with E-state index in [-0.39, 0.29) is 17.2 Å². The van der Waals surface area contributed by atoms with Crippen molar-refractivity contribution >= 4 is 6.09 Å². The van der Waals surface area contributed by atoms with Crippen LogP contribution in [-0.4, -0.2) is 41.8 Å². The molecule has 0 aromatic carbocycles. The molecule has 0 atom stereocenters. The Morgan fingerprint density at radius 3 is 2.61 bits per heavy atom. The predicted molar refractivity (Wildman–Crippen MR) is 71.6 cm³/mol. The average Bonchev–Trinajstić information content (AvgIpc) is 2.73. The Balaban J connectivity index is 2.04. The normalized spacial score (nSPS) is 23.4. The molecule has 2 rings (SSSR count). The molecule has 4 heteroatoms. The molecule has 2 fully saturated rings. The molecule has 2 aliphatic rings. The Morgan fingerprint density at radius 2 is 2.00 bits per heavy atom. The molecular formula is C14H26N2O2. The summed E-state index contributed by atoms with van der Waals surface area (Å²) in [6.45, 7) is 8.91. The molecule has 0 aromatic rings. The van der Waals surface area contributed by atoms with Crippen LogP contribution in [0.25, 0.3) is 0 Å². The Hall–Kier alpha value is -0.770. The minimum Gasteiger partial charge on any atom is -0.443 e. The summed E-state index contributed by atoms with van der Waals surface area (Å²) < 4.78 is 5.67. The average molecular weight is 254 g/mol. The maximum atomic E-state index is 12.4. The largest absolute Gasteiger partial charge is 0.443 e. The first-order valence-electron chi connectivity index (χ1n) is 7.20. The molecule has 2 saturated heterocycles. The maximum Gasteiger partial charge on any atom is 0.410 e. The molecule has 0 aliphatic carbocycles. The smallest absolute Gasteiger partial charge is 0.410 e. The van der Waals surface area contributed by atoms with Gasteiger partial charge in [0.1, 0.15) is 5.60 Å². The van der Waals surface area contributed by atoms with Gasteiger partial charge in [0.2, 0.25) is 0 Å². The summed E-state index contributed by atoms with van der Waals surface area (Å²) in [5.41, 5.74) is -0.278. The Kier molecular flexibility index (Phi) is 3.85. The molecule has 0 radical (unpaired) electrons. The van der Waals surface area contributed by atoms with E-state index in [0.717, 1.165) is 51.7 Å². The predicted octanol–water partition coefficient (Wildman–Crippen LogP) is 2.53. The SMILES string of the molecule is CCC(C)(C)OC(=O)N1CCCC12CCNCC2. The van der Waals surface area contributed by atoms with Gasteiger partial charge in [0, 0.05) is 12.1 Å². The Morgan fingerprint density at radius 1 is 1.33 bits per heavy atom. The maximum absolute atomic E-state index is 12.4. The highest BCUT2D eigenvalue weighted by atomic mass is 16.6. The molecule has 0 aromatic heterocycles. The summed E-state index contributed by atoms with van der Waals surface area (Å²) in [5, 5.41) is 3.38. The van der Waals surface area contributed by atoms with Crippen molar-refractivity contribution in [2.24, 2.45) is 0 Å². The number of amides is 1. The van der Waals surface area contributed by atoms with E-state index >= 15 is 0 Å². The van der Waals surface area contributed by atoms with Gasteiger partial charge in [0.15, 0.2) is 0 Å². The molecule has 2 aliphatic heterocycles. The van der Waals surface area contributed by atoms with Crippen molar-refractivity contribution in [3.8, 4) is 0 Å². The summed E-state index contributed by atoms with van der Waals surface area (Å²) in [6.07, 6.45) is 5.11. The van der Waals surface area contributed by atoms with Gasteiger partial charge in [0.05, 0.1) is 0 Å². The van der Waals surface area contributed by atoms with E-state index in [2.05, 4.69) is 12.2 Å². The van der Waals surface area contributed by atoms with E-state index in [0.29, 0.717) is 0 Å². The fourth-order valence-corrected chi connectivity index (χ4v) is 3.00. The summed E-state index contributed by atoms with van der Waals surface area (Å²) in [4.78, 5) is 14.4. The number of rotatable bonds is 2. The second kappa shape index (κ2) is 5.08. The molecule has 1 spiro atoms. The molecule has 1 N–H and O–H groups in total. The highest BCUT2D eigenvalue weighted by Crippen LogP contribution is 2.37. The van der Waals surface area contributed by atoms with Crippen molar-refractivity contribution in [1.82, 2.24) is 10.2 Å². The Bertz CT molecular complexity index is 309. The molecule has 104 valence electrons. The fraction of sp³-hybridized carbons (Fsp3) is 0.929. The highest BCUT2D eigenvalue weighted by Gasteiger charge is 2.45. The monoisotopic (exact) mass is 254 g/mol. The van der Waals surface area contributed by atoms with Crippen molar-refractivity contribution in [3.05, 3.63) is 0 Å². The minimum absolute atomic E-state index is 0.0756. The van der Waals surface area contributed by atoms with Gasteiger partial charge in [-0.2, -0.15) is 0 Å². The zero-order valence-electron chi connectivity index (χ0n) is 11.9. The zero-order valence-corrected chi connectivity index (χ0v) is 11.9. The van der Waals surface area contributed by atoms with E-state index < -0.39 is 0 Å². The number of ether oxygens (including phenoxy) is 1. The summed E-state index contributed by atoms with van der Waals surface area (Å²) >= 11 is 0. The third kappa shape index (κ3) is 2.63. The quantitative estimate of drug-likeness (QED) is 0.823. The van der Waals surface area contributed by atoms with Crippen LogP contribution in [0.15, 0.2) is 0 Å². The number of carbonyl (C=O) groups is 1. The lowest BCUT2D eigenvalue weighted by Crippen LogP contribution is -2.54. The van der Waals surface area contributed by atoms with Gasteiger partial charge in [-0.3, -0.25) is 0 Å². The van der Waals surface area contributed by atoms with Crippen LogP contribution in [0.1, 0.15) is 52.9 Å². The van der Waals surface area contributed by atoms with Crippen LogP contribution in [0, 0.1) is 0 Å². The first-order chi connectivity index (χ1) is 8.49. The zero-order chi connectivity index (χ0) is 13.2. The van der Waals surface area contributed by atoms with Crippen LogP contribution in [0.4, 0.5) is 4.79 Å². The molecule has 0 unspecified atom stereocenters. The molecule has 1 amide bonds. The van der Waals surface area contributed by atoms with Gasteiger partial charge < -0.3 is 15.0 Å². The van der Waals surface area contributed by atoms with Crippen molar-refractivity contribution in [2.75, 3.05) is 19.6 Å². The second-order valence-corrected chi connectivity index (χ2v) is 6.21. The van der Waals surface area contributed by atoms with Crippen LogP contribution in [0.3, 0.4) is 0 Å². The lowest BCUT2D eigenvalue weighted by atomic mass is 9.86. The third-order valence-corrected chi connectivity index (χ3v) is 4.57. The molecule has 4 nitrogen and oxygen atoms in total. The number of nitrogens with zero attached hydrogens (tertiary/aromatic N) is 1. The molecule has 2 heterocycles. The van der Waals surface area contributed by atoms with Gasteiger partial charge >= 0.3 is 6.09 Å². The number of likely N-dealkylation sites (tertiary alicyclic amines) is 1. The van der Waals surface area contributed by atoms with Gasteiger partial charge in [-0.05, 0) is 59.0 Å². The van der Waals surface area contributed by atoms with Gasteiger partial charge in [-0.25, -0.2) is 4.79 Å². The summed E-state index contributed by atoms with van der Waals surface area (Å²) in [5.74, 6) is 0. The van der Waals surface area contributed by atoms with Crippen LogP contribution in [0.2, 0.25) is 0 Å². The third-order valence-electron chi connectivity index (χ3n) is 4.57. The van der Waals surface area contributed by atoms with E-state index in [4.69, 9.17) is 4.74 Å². The van der Waals surface area contributed by atoms with Crippen molar-refractivity contribution in [2.45, 2.75) is 64.0 Å². The van der Waals surface area contributed by atoms with Crippen molar-refractivity contribution in [3.63, 3.8) is 0 Å². The first kappa shape index (κ1) is 13.7. The van der Waals surface area contributed by atoms with E-state index in [9.17, 15) is 4.79 Å². The summed E-state index contributed by atoms with van der Waals surface area (Å²) in [6, 6.07) is 0. The van der Waals surface area contributed by atoms with Crippen LogP contribution >= 0.6 is 0 Å². The van der Waals surface area contributed by atoms with Crippen LogP contribution in [-0.2, 0) is 4.74 Å². The van der Waals surface area contributed by atoms with E-state index in [1.165, 1.54) is 0 Å². The number of hydrogen-bond donors (Lipinski definition) is 1. The second-order valence-electron chi connectivity index (χ2n) is 6.21. The van der Waals surface area contributed by atoms with E-state index in [1.807, 2.05) is 18.7 Å². The fourth-order valence-electron chi connectivity index (χ4n) is 3.00. The van der Waals surface area contributed by atoms with Crippen molar-refractivity contribution < 1.29 is 9.53 Å². The topological polar surface area (TPSA) is 41.6 Å². The summed E-state index contributed by atoms with van der Waals surface area (Å²) in [7, 11) is 0. The van der Waals surface area contributed by atoms with Crippen molar-refractivity contribution in [1.29, 1.82) is 0 Å². The van der Waals surface area contributed by atoms with Gasteiger partial charge in [0.25, 0.3) is 0 Å². The lowest BCUT2D eigenvalue weighted by Gasteiger charge is -2.42. The number of carbonyl (C=O) groups excluding carboxylic acids is 1. The standard InChI is InChI=1S/C14H26N2O2/c1-4-13(2,3)18-12(17)16-11-5-6-14(16)7-9-15-10-8-14/h15H,4-11H2,1-3H3. The van der Waals surface area contributed by atoms with E-state index in [1.54, 1.807) is 0 Å².